The molecule has 1 fully saturated rings. The highest BCUT2D eigenvalue weighted by Gasteiger charge is 2.39. The molecular weight excluding hydrogens is 567 g/mol. The zero-order valence-electron chi connectivity index (χ0n) is 19.4. The second kappa shape index (κ2) is 10.3. The van der Waals surface area contributed by atoms with Crippen LogP contribution in [0.5, 0.6) is 0 Å². The summed E-state index contributed by atoms with van der Waals surface area (Å²) in [6, 6.07) is 10.1. The molecule has 1 aliphatic heterocycles. The maximum Gasteiger partial charge on any atom is 0.490 e. The number of aromatic amines is 1. The Bertz CT molecular complexity index is 1760. The van der Waals surface area contributed by atoms with Crippen LogP contribution in [0.2, 0.25) is 0 Å². The fourth-order valence-electron chi connectivity index (χ4n) is 3.71. The molecule has 206 valence electrons. The molecule has 2 aromatic heterocycles. The second-order valence-electron chi connectivity index (χ2n) is 8.16. The first-order valence-corrected chi connectivity index (χ1v) is 13.8. The van der Waals surface area contributed by atoms with E-state index in [1.165, 1.54) is 6.07 Å². The van der Waals surface area contributed by atoms with Gasteiger partial charge in [-0.15, -0.1) is 10.2 Å². The van der Waals surface area contributed by atoms with E-state index in [4.69, 9.17) is 15.0 Å². The molecule has 1 saturated heterocycles. The molecule has 0 bridgehead atoms. The maximum atomic E-state index is 13.2. The predicted molar refractivity (Wildman–Crippen MR) is 129 cm³/mol. The molecule has 1 aliphatic rings. The van der Waals surface area contributed by atoms with E-state index in [1.807, 2.05) is 18.2 Å². The summed E-state index contributed by atoms with van der Waals surface area (Å²) in [6.07, 6.45) is -1.73. The molecule has 0 saturated carbocycles. The number of fused-ring (bicyclic) bond motifs is 1. The highest BCUT2D eigenvalue weighted by Crippen LogP contribution is 2.40. The monoisotopic (exact) mass is 585 g/mol. The molecule has 2 aromatic carbocycles. The number of primary sulfonamides is 1. The van der Waals surface area contributed by atoms with E-state index in [-0.39, 0.29) is 29.4 Å². The molecule has 0 unspecified atom stereocenters. The summed E-state index contributed by atoms with van der Waals surface area (Å²) in [4.78, 5) is 12.1. The number of nitrogens with one attached hydrogen (secondary N) is 2. The molecule has 4 aromatic rings. The van der Waals surface area contributed by atoms with Gasteiger partial charge in [0.05, 0.1) is 15.7 Å². The van der Waals surface area contributed by atoms with Crippen LogP contribution in [-0.4, -0.2) is 78.0 Å². The zero-order chi connectivity index (χ0) is 28.6. The summed E-state index contributed by atoms with van der Waals surface area (Å²) in [5, 5.41) is 30.2. The van der Waals surface area contributed by atoms with Gasteiger partial charge in [-0.2, -0.15) is 18.4 Å². The van der Waals surface area contributed by atoms with Gasteiger partial charge in [0.2, 0.25) is 15.8 Å². The Morgan fingerprint density at radius 2 is 1.74 bits per heavy atom. The number of carboxylic acid groups (broad SMARTS) is 1. The number of pyridine rings is 1. The summed E-state index contributed by atoms with van der Waals surface area (Å²) >= 11 is 0. The van der Waals surface area contributed by atoms with Crippen molar-refractivity contribution >= 4 is 36.6 Å². The smallest absolute Gasteiger partial charge is 0.475 e. The van der Waals surface area contributed by atoms with Gasteiger partial charge in [0.15, 0.2) is 9.84 Å². The largest absolute Gasteiger partial charge is 0.490 e. The fourth-order valence-corrected chi connectivity index (χ4v) is 6.90. The molecule has 0 spiro atoms. The van der Waals surface area contributed by atoms with E-state index in [0.717, 1.165) is 10.8 Å². The normalized spacial score (nSPS) is 14.4. The van der Waals surface area contributed by atoms with Crippen molar-refractivity contribution in [3.8, 4) is 22.5 Å². The molecule has 0 atom stereocenters. The summed E-state index contributed by atoms with van der Waals surface area (Å²) in [5.41, 5.74) is 1.01. The lowest BCUT2D eigenvalue weighted by molar-refractivity contribution is -0.192. The lowest BCUT2D eigenvalue weighted by Crippen LogP contribution is -2.51. The Morgan fingerprint density at radius 1 is 1.05 bits per heavy atom. The minimum absolute atomic E-state index is 0.0250. The van der Waals surface area contributed by atoms with Gasteiger partial charge in [-0.3, -0.25) is 4.98 Å². The van der Waals surface area contributed by atoms with Crippen molar-refractivity contribution in [1.29, 1.82) is 0 Å². The van der Waals surface area contributed by atoms with Crippen LogP contribution in [0, 0.1) is 0 Å². The number of H-pyrrole nitrogens is 1. The van der Waals surface area contributed by atoms with Crippen molar-refractivity contribution in [3.63, 3.8) is 0 Å². The number of aromatic nitrogens is 5. The predicted octanol–water partition coefficient (Wildman–Crippen LogP) is 1.11. The van der Waals surface area contributed by atoms with E-state index >= 15 is 0 Å². The molecule has 39 heavy (non-hydrogen) atoms. The van der Waals surface area contributed by atoms with Crippen LogP contribution in [0.15, 0.2) is 58.6 Å². The molecule has 3 heterocycles. The first-order valence-electron chi connectivity index (χ1n) is 10.7. The molecule has 0 aliphatic carbocycles. The first-order chi connectivity index (χ1) is 18.2. The number of sulfone groups is 1. The quantitative estimate of drug-likeness (QED) is 0.260. The number of hydrogen-bond acceptors (Lipinski definition) is 10. The van der Waals surface area contributed by atoms with Gasteiger partial charge in [-0.1, -0.05) is 18.2 Å². The van der Waals surface area contributed by atoms with Crippen LogP contribution < -0.4 is 10.5 Å². The molecule has 18 heteroatoms. The van der Waals surface area contributed by atoms with Crippen molar-refractivity contribution in [2.75, 3.05) is 13.1 Å². The number of hydrogen-bond donors (Lipinski definition) is 4. The first kappa shape index (κ1) is 28.0. The lowest BCUT2D eigenvalue weighted by atomic mass is 9.97. The number of carbonyl (C=O) groups is 1. The summed E-state index contributed by atoms with van der Waals surface area (Å²) in [6.45, 7) is 0.453. The lowest BCUT2D eigenvalue weighted by Gasteiger charge is -2.28. The molecule has 5 rings (SSSR count). The van der Waals surface area contributed by atoms with Crippen molar-refractivity contribution in [2.24, 2.45) is 5.14 Å². The topological polar surface area (TPSA) is 211 Å². The Hall–Kier alpha value is -4.00. The van der Waals surface area contributed by atoms with Gasteiger partial charge in [0, 0.05) is 30.9 Å². The second-order valence-corrected chi connectivity index (χ2v) is 11.9. The van der Waals surface area contributed by atoms with Gasteiger partial charge in [-0.05, 0) is 39.9 Å². The van der Waals surface area contributed by atoms with Crippen molar-refractivity contribution < 1.29 is 39.9 Å². The SMILES string of the molecule is NS(=O)(=O)c1c(S(=O)(=O)C2CNC2)ccc(-c2ccc3cnccc3c2)c1-c1nn[nH]n1.O=C(O)C(F)(F)F. The van der Waals surface area contributed by atoms with Crippen molar-refractivity contribution in [1.82, 2.24) is 30.9 Å². The average Bonchev–Trinajstić information content (AvgIpc) is 3.35. The van der Waals surface area contributed by atoms with Gasteiger partial charge in [-0.25, -0.2) is 26.8 Å². The van der Waals surface area contributed by atoms with Crippen LogP contribution in [0.3, 0.4) is 0 Å². The summed E-state index contributed by atoms with van der Waals surface area (Å²) in [5.74, 6) is -2.84. The number of halogens is 3. The van der Waals surface area contributed by atoms with E-state index in [0.29, 0.717) is 11.1 Å². The number of carboxylic acids is 1. The minimum Gasteiger partial charge on any atom is -0.475 e. The van der Waals surface area contributed by atoms with Crippen LogP contribution in [0.4, 0.5) is 13.2 Å². The van der Waals surface area contributed by atoms with Gasteiger partial charge in [0.25, 0.3) is 0 Å². The van der Waals surface area contributed by atoms with E-state index in [1.54, 1.807) is 24.5 Å². The number of benzene rings is 2. The third-order valence-electron chi connectivity index (χ3n) is 5.66. The molecular formula is C21H18F3N7O6S2. The van der Waals surface area contributed by atoms with Crippen LogP contribution in [-0.2, 0) is 24.7 Å². The van der Waals surface area contributed by atoms with E-state index in [2.05, 4.69) is 30.9 Å². The molecule has 5 N–H and O–H groups in total. The standard InChI is InChI=1S/C19H17N7O4S2.C2HF3O2/c20-32(29,30)18-16(31(27,28)14-9-22-10-14)4-3-15(17(18)19-23-25-26-24-19)12-1-2-13-8-21-6-5-11(13)7-12;3-2(4,5)1(6)7/h1-8,14,22H,9-10H2,(H2,20,29,30)(H,23,24,25,26);(H,6,7). The number of tetrazole rings is 1. The highest BCUT2D eigenvalue weighted by molar-refractivity contribution is 7.94. The molecule has 13 nitrogen and oxygen atoms in total. The number of nitrogens with zero attached hydrogens (tertiary/aromatic N) is 4. The average molecular weight is 586 g/mol. The van der Waals surface area contributed by atoms with Crippen LogP contribution in [0.1, 0.15) is 0 Å². The summed E-state index contributed by atoms with van der Waals surface area (Å²) < 4.78 is 83.6. The number of nitrogens with two attached hydrogens (primary N) is 1. The van der Waals surface area contributed by atoms with Gasteiger partial charge >= 0.3 is 12.1 Å². The highest BCUT2D eigenvalue weighted by atomic mass is 32.2. The Morgan fingerprint density at radius 3 is 2.28 bits per heavy atom. The minimum atomic E-state index is -5.08. The zero-order valence-corrected chi connectivity index (χ0v) is 21.0. The molecule has 0 radical (unpaired) electrons. The van der Waals surface area contributed by atoms with Crippen molar-refractivity contribution in [2.45, 2.75) is 21.2 Å². The van der Waals surface area contributed by atoms with Crippen molar-refractivity contribution in [3.05, 3.63) is 48.8 Å². The Kier molecular flexibility index (Phi) is 7.39. The van der Waals surface area contributed by atoms with Gasteiger partial charge in [0.1, 0.15) is 4.90 Å². The van der Waals surface area contributed by atoms with Crippen LogP contribution in [0.25, 0.3) is 33.3 Å². The summed E-state index contributed by atoms with van der Waals surface area (Å²) in [7, 11) is -8.47. The fraction of sp³-hybridized carbons (Fsp3) is 0.190. The third-order valence-corrected chi connectivity index (χ3v) is 8.95. The van der Waals surface area contributed by atoms with Gasteiger partial charge < -0.3 is 10.4 Å². The number of alkyl halides is 3. The molecule has 0 amide bonds. The van der Waals surface area contributed by atoms with Crippen LogP contribution >= 0.6 is 0 Å². The Balaban J connectivity index is 0.000000448. The number of sulfonamides is 1. The third kappa shape index (κ3) is 5.72. The van der Waals surface area contributed by atoms with E-state index < -0.39 is 42.2 Å². The maximum absolute atomic E-state index is 13.2. The number of rotatable bonds is 5. The Labute approximate surface area is 218 Å². The van der Waals surface area contributed by atoms with E-state index in [9.17, 15) is 30.0 Å². The number of aliphatic carboxylic acids is 1.